The molecule has 0 saturated carbocycles. The largest absolute Gasteiger partial charge is 0.501 e. The van der Waals surface area contributed by atoms with E-state index in [0.29, 0.717) is 0 Å². The maximum absolute atomic E-state index is 5.09. The molecule has 1 nitrogen and oxygen atoms in total. The van der Waals surface area contributed by atoms with Crippen molar-refractivity contribution in [2.75, 3.05) is 6.61 Å². The Morgan fingerprint density at radius 2 is 2.56 bits per heavy atom. The third kappa shape index (κ3) is 2.08. The average Bonchev–Trinajstić information content (AvgIpc) is 2.34. The second kappa shape index (κ2) is 3.54. The van der Waals surface area contributed by atoms with Crippen molar-refractivity contribution in [2.24, 2.45) is 0 Å². The second-order valence-electron chi connectivity index (χ2n) is 2.50. The van der Waals surface area contributed by atoms with Gasteiger partial charge in [0.05, 0.1) is 12.9 Å². The normalized spacial score (nSPS) is 17.2. The predicted octanol–water partition coefficient (Wildman–Crippen LogP) is 2.48. The van der Waals surface area contributed by atoms with Gasteiger partial charge in [-0.1, -0.05) is 13.3 Å². The molecule has 1 heterocycles. The van der Waals surface area contributed by atoms with Crippen molar-refractivity contribution in [2.45, 2.75) is 32.6 Å². The summed E-state index contributed by atoms with van der Waals surface area (Å²) in [5.74, 6) is 0. The van der Waals surface area contributed by atoms with Crippen LogP contribution in [0.1, 0.15) is 32.6 Å². The lowest BCUT2D eigenvalue weighted by atomic mass is 10.1. The molecule has 0 saturated heterocycles. The summed E-state index contributed by atoms with van der Waals surface area (Å²) < 4.78 is 5.09. The van der Waals surface area contributed by atoms with Crippen LogP contribution in [0.15, 0.2) is 11.8 Å². The van der Waals surface area contributed by atoms with Crippen molar-refractivity contribution >= 4 is 0 Å². The van der Waals surface area contributed by atoms with Gasteiger partial charge in [-0.3, -0.25) is 0 Å². The van der Waals surface area contributed by atoms with Crippen LogP contribution in [0.2, 0.25) is 0 Å². The molecular weight excluding hydrogens is 112 g/mol. The zero-order chi connectivity index (χ0) is 6.53. The van der Waals surface area contributed by atoms with E-state index in [1.54, 1.807) is 0 Å². The highest BCUT2D eigenvalue weighted by Crippen LogP contribution is 2.16. The molecule has 0 unspecified atom stereocenters. The lowest BCUT2D eigenvalue weighted by Gasteiger charge is -1.94. The van der Waals surface area contributed by atoms with Crippen LogP contribution in [-0.4, -0.2) is 6.61 Å². The van der Waals surface area contributed by atoms with E-state index in [4.69, 9.17) is 4.74 Å². The Labute approximate surface area is 56.7 Å². The minimum atomic E-state index is 0.916. The smallest absolute Gasteiger partial charge is 0.0911 e. The average molecular weight is 126 g/mol. The fourth-order valence-electron chi connectivity index (χ4n) is 1.01. The molecule has 0 amide bonds. The van der Waals surface area contributed by atoms with Crippen molar-refractivity contribution < 1.29 is 4.74 Å². The van der Waals surface area contributed by atoms with Crippen LogP contribution in [0.4, 0.5) is 0 Å². The first-order valence-corrected chi connectivity index (χ1v) is 3.73. The fourth-order valence-corrected chi connectivity index (χ4v) is 1.01. The summed E-state index contributed by atoms with van der Waals surface area (Å²) >= 11 is 0. The summed E-state index contributed by atoms with van der Waals surface area (Å²) in [7, 11) is 0. The molecule has 1 aliphatic rings. The summed E-state index contributed by atoms with van der Waals surface area (Å²) in [5.41, 5.74) is 1.50. The molecule has 0 aliphatic carbocycles. The Kier molecular flexibility index (Phi) is 2.62. The molecule has 0 spiro atoms. The van der Waals surface area contributed by atoms with Crippen LogP contribution in [0.25, 0.3) is 0 Å². The first-order valence-electron chi connectivity index (χ1n) is 3.73. The molecule has 1 aliphatic heterocycles. The predicted molar refractivity (Wildman–Crippen MR) is 38.2 cm³/mol. The molecule has 0 aromatic carbocycles. The van der Waals surface area contributed by atoms with E-state index < -0.39 is 0 Å². The van der Waals surface area contributed by atoms with Crippen LogP contribution in [0, 0.1) is 0 Å². The molecule has 0 aromatic rings. The minimum absolute atomic E-state index is 0.916. The van der Waals surface area contributed by atoms with Gasteiger partial charge in [-0.15, -0.1) is 0 Å². The number of hydrogen-bond acceptors (Lipinski definition) is 1. The van der Waals surface area contributed by atoms with Crippen molar-refractivity contribution in [1.82, 2.24) is 0 Å². The highest BCUT2D eigenvalue weighted by atomic mass is 16.5. The van der Waals surface area contributed by atoms with Gasteiger partial charge in [0.2, 0.25) is 0 Å². The molecule has 0 N–H and O–H groups in total. The third-order valence-corrected chi connectivity index (χ3v) is 1.64. The van der Waals surface area contributed by atoms with E-state index in [9.17, 15) is 0 Å². The van der Waals surface area contributed by atoms with Gasteiger partial charge in [0, 0.05) is 6.42 Å². The van der Waals surface area contributed by atoms with E-state index in [0.717, 1.165) is 6.61 Å². The van der Waals surface area contributed by atoms with Gasteiger partial charge in [-0.2, -0.15) is 0 Å². The first-order chi connectivity index (χ1) is 4.43. The van der Waals surface area contributed by atoms with E-state index in [1.165, 1.54) is 31.3 Å². The zero-order valence-electron chi connectivity index (χ0n) is 6.02. The molecule has 0 atom stereocenters. The fraction of sp³-hybridized carbons (Fsp3) is 0.750. The minimum Gasteiger partial charge on any atom is -0.501 e. The Morgan fingerprint density at radius 1 is 1.67 bits per heavy atom. The van der Waals surface area contributed by atoms with E-state index in [-0.39, 0.29) is 0 Å². The van der Waals surface area contributed by atoms with Gasteiger partial charge in [-0.25, -0.2) is 0 Å². The van der Waals surface area contributed by atoms with E-state index in [2.05, 4.69) is 6.92 Å². The molecule has 1 heteroatoms. The quantitative estimate of drug-likeness (QED) is 0.564. The molecule has 0 radical (unpaired) electrons. The van der Waals surface area contributed by atoms with Gasteiger partial charge in [-0.05, 0) is 18.4 Å². The van der Waals surface area contributed by atoms with Gasteiger partial charge >= 0.3 is 0 Å². The summed E-state index contributed by atoms with van der Waals surface area (Å²) in [4.78, 5) is 0. The third-order valence-electron chi connectivity index (χ3n) is 1.64. The van der Waals surface area contributed by atoms with Crippen LogP contribution in [0.3, 0.4) is 0 Å². The van der Waals surface area contributed by atoms with Gasteiger partial charge < -0.3 is 4.74 Å². The van der Waals surface area contributed by atoms with Crippen molar-refractivity contribution in [1.29, 1.82) is 0 Å². The van der Waals surface area contributed by atoms with Crippen LogP contribution >= 0.6 is 0 Å². The van der Waals surface area contributed by atoms with Gasteiger partial charge in [0.15, 0.2) is 0 Å². The topological polar surface area (TPSA) is 9.23 Å². The van der Waals surface area contributed by atoms with Crippen LogP contribution < -0.4 is 0 Å². The van der Waals surface area contributed by atoms with Gasteiger partial charge in [0.1, 0.15) is 0 Å². The Balaban J connectivity index is 2.11. The summed E-state index contributed by atoms with van der Waals surface area (Å²) in [5, 5.41) is 0. The summed E-state index contributed by atoms with van der Waals surface area (Å²) in [6.45, 7) is 3.13. The first kappa shape index (κ1) is 6.66. The SMILES string of the molecule is CCCCC1=COCC1. The maximum Gasteiger partial charge on any atom is 0.0911 e. The molecule has 52 valence electrons. The molecule has 0 bridgehead atoms. The monoisotopic (exact) mass is 126 g/mol. The Bertz CT molecular complexity index is 105. The lowest BCUT2D eigenvalue weighted by molar-refractivity contribution is 0.281. The maximum atomic E-state index is 5.09. The second-order valence-corrected chi connectivity index (χ2v) is 2.50. The number of ether oxygens (including phenoxy) is 1. The van der Waals surface area contributed by atoms with E-state index in [1.807, 2.05) is 6.26 Å². The highest BCUT2D eigenvalue weighted by Gasteiger charge is 2.02. The summed E-state index contributed by atoms with van der Waals surface area (Å²) in [6.07, 6.45) is 6.94. The number of rotatable bonds is 3. The zero-order valence-corrected chi connectivity index (χ0v) is 6.02. The van der Waals surface area contributed by atoms with Crippen LogP contribution in [0.5, 0.6) is 0 Å². The number of unbranched alkanes of at least 4 members (excludes halogenated alkanes) is 1. The molecule has 0 aromatic heterocycles. The molecule has 0 fully saturated rings. The number of hydrogen-bond donors (Lipinski definition) is 0. The van der Waals surface area contributed by atoms with Gasteiger partial charge in [0.25, 0.3) is 0 Å². The Hall–Kier alpha value is -0.460. The highest BCUT2D eigenvalue weighted by molar-refractivity contribution is 5.01. The Morgan fingerprint density at radius 3 is 3.11 bits per heavy atom. The molecular formula is C8H14O. The molecule has 1 rings (SSSR count). The van der Waals surface area contributed by atoms with Crippen molar-refractivity contribution in [3.63, 3.8) is 0 Å². The van der Waals surface area contributed by atoms with Crippen LogP contribution in [-0.2, 0) is 4.74 Å². The summed E-state index contributed by atoms with van der Waals surface area (Å²) in [6, 6.07) is 0. The van der Waals surface area contributed by atoms with Crippen molar-refractivity contribution in [3.8, 4) is 0 Å². The standard InChI is InChI=1S/C8H14O/c1-2-3-4-8-5-6-9-7-8/h7H,2-6H2,1H3. The van der Waals surface area contributed by atoms with E-state index >= 15 is 0 Å². The lowest BCUT2D eigenvalue weighted by Crippen LogP contribution is -1.79. The van der Waals surface area contributed by atoms with Crippen molar-refractivity contribution in [3.05, 3.63) is 11.8 Å². The molecule has 9 heavy (non-hydrogen) atoms.